The van der Waals surface area contributed by atoms with Crippen LogP contribution in [-0.4, -0.2) is 34.2 Å². The summed E-state index contributed by atoms with van der Waals surface area (Å²) in [5, 5.41) is 8.17. The number of aromatic carboxylic acids is 1. The minimum Gasteiger partial charge on any atom is -0.484 e. The van der Waals surface area contributed by atoms with Crippen LogP contribution in [0.15, 0.2) is 54.0 Å². The van der Waals surface area contributed by atoms with Crippen molar-refractivity contribution in [3.63, 3.8) is 0 Å². The summed E-state index contributed by atoms with van der Waals surface area (Å²) >= 11 is 6.51. The van der Waals surface area contributed by atoms with Crippen molar-refractivity contribution in [1.82, 2.24) is 4.98 Å². The van der Waals surface area contributed by atoms with Crippen LogP contribution in [0, 0.1) is 0 Å². The number of ether oxygens (including phenoxy) is 1. The minimum absolute atomic E-state index is 0.0778. The van der Waals surface area contributed by atoms with Crippen molar-refractivity contribution in [3.05, 3.63) is 59.6 Å². The molecule has 0 radical (unpaired) electrons. The van der Waals surface area contributed by atoms with Gasteiger partial charge in [-0.05, 0) is 48.9 Å². The van der Waals surface area contributed by atoms with Crippen LogP contribution in [0.2, 0.25) is 0 Å². The van der Waals surface area contributed by atoms with Crippen LogP contribution in [0.1, 0.15) is 17.3 Å². The zero-order valence-electron chi connectivity index (χ0n) is 13.8. The number of hydrogen-bond donors (Lipinski definition) is 1. The minimum atomic E-state index is -0.898. The van der Waals surface area contributed by atoms with Gasteiger partial charge < -0.3 is 14.6 Å². The van der Waals surface area contributed by atoms with Gasteiger partial charge in [-0.25, -0.2) is 9.78 Å². The largest absolute Gasteiger partial charge is 0.484 e. The van der Waals surface area contributed by atoms with Crippen molar-refractivity contribution >= 4 is 50.7 Å². The number of carbonyl (C=O) groups is 3. The number of rotatable bonds is 4. The Morgan fingerprint density at radius 2 is 1.88 bits per heavy atom. The van der Waals surface area contributed by atoms with Crippen LogP contribution >= 0.6 is 22.9 Å². The maximum Gasteiger partial charge on any atom is 0.335 e. The molecule has 0 fully saturated rings. The number of aldehydes is 1. The molecule has 0 spiro atoms. The number of thiazole rings is 1. The summed E-state index contributed by atoms with van der Waals surface area (Å²) in [6.07, 6.45) is 0.750. The number of nitrogens with zero attached hydrogens (tertiary/aromatic N) is 1. The van der Waals surface area contributed by atoms with Gasteiger partial charge in [0.25, 0.3) is 5.24 Å². The molecule has 2 aromatic carbocycles. The van der Waals surface area contributed by atoms with Gasteiger partial charge in [0, 0.05) is 0 Å². The van der Waals surface area contributed by atoms with Crippen molar-refractivity contribution in [2.45, 2.75) is 6.92 Å². The Hall–Kier alpha value is -2.77. The molecule has 1 heterocycles. The summed E-state index contributed by atoms with van der Waals surface area (Å²) in [6.45, 7) is 1.37. The molecule has 0 saturated heterocycles. The Bertz CT molecular complexity index is 851. The second kappa shape index (κ2) is 11.7. The first kappa shape index (κ1) is 21.3. The molecule has 0 unspecified atom stereocenters. The first-order valence-electron chi connectivity index (χ1n) is 7.30. The maximum absolute atomic E-state index is 10.6. The Morgan fingerprint density at radius 3 is 2.46 bits per heavy atom. The molecule has 1 N–H and O–H groups in total. The van der Waals surface area contributed by atoms with Gasteiger partial charge in [0.1, 0.15) is 12.0 Å². The van der Waals surface area contributed by atoms with Gasteiger partial charge >= 0.3 is 5.97 Å². The van der Waals surface area contributed by atoms with Crippen LogP contribution < -0.4 is 4.74 Å². The van der Waals surface area contributed by atoms with E-state index in [9.17, 15) is 9.59 Å². The predicted molar refractivity (Wildman–Crippen MR) is 101 cm³/mol. The van der Waals surface area contributed by atoms with Crippen LogP contribution in [0.4, 0.5) is 0 Å². The average molecular weight is 394 g/mol. The van der Waals surface area contributed by atoms with Crippen molar-refractivity contribution in [2.75, 3.05) is 6.61 Å². The monoisotopic (exact) mass is 393 g/mol. The van der Waals surface area contributed by atoms with Crippen LogP contribution in [0.3, 0.4) is 0 Å². The van der Waals surface area contributed by atoms with Gasteiger partial charge in [0.2, 0.25) is 0 Å². The molecule has 0 aliphatic heterocycles. The molecule has 0 bridgehead atoms. The van der Waals surface area contributed by atoms with Gasteiger partial charge in [-0.2, -0.15) is 0 Å². The zero-order valence-corrected chi connectivity index (χ0v) is 15.4. The Morgan fingerprint density at radius 1 is 1.23 bits per heavy atom. The van der Waals surface area contributed by atoms with Crippen molar-refractivity contribution in [3.8, 4) is 5.75 Å². The number of halogens is 1. The van der Waals surface area contributed by atoms with E-state index in [0.29, 0.717) is 11.3 Å². The number of benzene rings is 2. The number of hydrogen-bond acceptors (Lipinski definition) is 6. The smallest absolute Gasteiger partial charge is 0.335 e. The lowest BCUT2D eigenvalue weighted by Gasteiger charge is -2.00. The van der Waals surface area contributed by atoms with E-state index >= 15 is 0 Å². The van der Waals surface area contributed by atoms with E-state index in [-0.39, 0.29) is 6.61 Å². The normalized spacial score (nSPS) is 9.15. The van der Waals surface area contributed by atoms with E-state index < -0.39 is 11.2 Å². The summed E-state index contributed by atoms with van der Waals surface area (Å²) in [4.78, 5) is 33.7. The highest BCUT2D eigenvalue weighted by atomic mass is 35.5. The standard InChI is InChI=1S/C8H7ClO2.C8H5NO2S.C2H4O/c9-8(10)6-11-7-4-2-1-3-5-7;10-8(11)5-1-2-6-7(3-5)12-4-9-6;1-2-3/h1-5H,6H2;1-4H,(H,10,11);2H,1H3. The number of carbonyl (C=O) groups excluding carboxylic acids is 2. The lowest BCUT2D eigenvalue weighted by Crippen LogP contribution is -2.03. The van der Waals surface area contributed by atoms with Gasteiger partial charge in [-0.1, -0.05) is 18.2 Å². The van der Waals surface area contributed by atoms with Crippen molar-refractivity contribution in [1.29, 1.82) is 0 Å². The molecule has 26 heavy (non-hydrogen) atoms. The first-order chi connectivity index (χ1) is 12.5. The Kier molecular flexibility index (Phi) is 9.59. The van der Waals surface area contributed by atoms with E-state index in [4.69, 9.17) is 26.2 Å². The van der Waals surface area contributed by atoms with Crippen LogP contribution in [0.25, 0.3) is 10.2 Å². The molecule has 3 rings (SSSR count). The van der Waals surface area contributed by atoms with Gasteiger partial charge in [-0.3, -0.25) is 4.79 Å². The number of carboxylic acid groups (broad SMARTS) is 1. The number of aromatic nitrogens is 1. The SMILES string of the molecule is CC=O.O=C(Cl)COc1ccccc1.O=C(O)c1ccc2ncsc2c1. The highest BCUT2D eigenvalue weighted by Crippen LogP contribution is 2.18. The zero-order chi connectivity index (χ0) is 19.4. The third-order valence-electron chi connectivity index (χ3n) is 2.67. The molecule has 0 amide bonds. The third kappa shape index (κ3) is 7.87. The third-order valence-corrected chi connectivity index (χ3v) is 3.57. The fraction of sp³-hybridized carbons (Fsp3) is 0.111. The molecule has 1 aromatic heterocycles. The van der Waals surface area contributed by atoms with Crippen molar-refractivity contribution < 1.29 is 24.2 Å². The van der Waals surface area contributed by atoms with Crippen molar-refractivity contribution in [2.24, 2.45) is 0 Å². The molecular formula is C18H16ClNO5S. The quantitative estimate of drug-likeness (QED) is 0.531. The van der Waals surface area contributed by atoms with E-state index in [1.807, 2.05) is 18.2 Å². The molecule has 136 valence electrons. The maximum atomic E-state index is 10.6. The molecule has 8 heteroatoms. The molecular weight excluding hydrogens is 378 g/mol. The van der Waals surface area contributed by atoms with E-state index in [1.54, 1.807) is 35.8 Å². The van der Waals surface area contributed by atoms with E-state index in [0.717, 1.165) is 16.5 Å². The number of para-hydroxylation sites is 1. The lowest BCUT2D eigenvalue weighted by molar-refractivity contribution is -0.113. The summed E-state index contributed by atoms with van der Waals surface area (Å²) in [5.74, 6) is -0.244. The average Bonchev–Trinajstić information content (AvgIpc) is 3.10. The van der Waals surface area contributed by atoms with E-state index in [2.05, 4.69) is 4.98 Å². The van der Waals surface area contributed by atoms with Gasteiger partial charge in [0.05, 0.1) is 21.3 Å². The summed E-state index contributed by atoms with van der Waals surface area (Å²) in [5.41, 5.74) is 2.87. The number of fused-ring (bicyclic) bond motifs is 1. The highest BCUT2D eigenvalue weighted by Gasteiger charge is 2.03. The van der Waals surface area contributed by atoms with Gasteiger partial charge in [-0.15, -0.1) is 11.3 Å². The molecule has 3 aromatic rings. The van der Waals surface area contributed by atoms with Gasteiger partial charge in [0.15, 0.2) is 6.61 Å². The Balaban J connectivity index is 0.000000227. The summed E-state index contributed by atoms with van der Waals surface area (Å²) in [6, 6.07) is 14.0. The second-order valence-electron chi connectivity index (χ2n) is 4.53. The fourth-order valence-electron chi connectivity index (χ4n) is 1.64. The molecule has 0 atom stereocenters. The topological polar surface area (TPSA) is 93.6 Å². The molecule has 0 aliphatic rings. The molecule has 0 saturated carbocycles. The molecule has 6 nitrogen and oxygen atoms in total. The summed E-state index contributed by atoms with van der Waals surface area (Å²) < 4.78 is 5.90. The first-order valence-corrected chi connectivity index (χ1v) is 8.56. The highest BCUT2D eigenvalue weighted by molar-refractivity contribution is 7.16. The second-order valence-corrected chi connectivity index (χ2v) is 5.84. The molecule has 0 aliphatic carbocycles. The van der Waals surface area contributed by atoms with Crippen LogP contribution in [-0.2, 0) is 9.59 Å². The Labute approximate surface area is 159 Å². The van der Waals surface area contributed by atoms with E-state index in [1.165, 1.54) is 18.3 Å². The fourth-order valence-corrected chi connectivity index (χ4v) is 2.42. The lowest BCUT2D eigenvalue weighted by atomic mass is 10.2. The number of carboxylic acids is 1. The summed E-state index contributed by atoms with van der Waals surface area (Å²) in [7, 11) is 0. The predicted octanol–water partition coefficient (Wildman–Crippen LogP) is 4.03. The van der Waals surface area contributed by atoms with Crippen LogP contribution in [0.5, 0.6) is 5.75 Å².